The summed E-state index contributed by atoms with van der Waals surface area (Å²) in [5.41, 5.74) is 3.82. The van der Waals surface area contributed by atoms with Crippen LogP contribution in [-0.2, 0) is 17.8 Å². The molecule has 0 saturated carbocycles. The molecule has 37 heavy (non-hydrogen) atoms. The maximum atomic E-state index is 13.0. The highest BCUT2D eigenvalue weighted by Gasteiger charge is 2.17. The van der Waals surface area contributed by atoms with Gasteiger partial charge in [0.1, 0.15) is 11.5 Å². The first-order valence-corrected chi connectivity index (χ1v) is 12.9. The summed E-state index contributed by atoms with van der Waals surface area (Å²) >= 11 is 6.25. The van der Waals surface area contributed by atoms with Gasteiger partial charge < -0.3 is 19.5 Å². The van der Waals surface area contributed by atoms with E-state index in [-0.39, 0.29) is 5.91 Å². The average Bonchev–Trinajstić information content (AvgIpc) is 3.25. The standard InChI is InChI=1S/C28H35ClN4O4/c1-19(2)18-37-26-8-6-23(29)14-22(26)17-33-20(3)13-25(31-33)28(34)30-24-7-5-21(27(15-24)35-4)16-32-9-11-36-12-10-32/h5-8,13-15,19H,9-12,16-18H2,1-4H3,(H,30,34). The Hall–Kier alpha value is -3.07. The van der Waals surface area contributed by atoms with Crippen LogP contribution in [0.5, 0.6) is 11.5 Å². The highest BCUT2D eigenvalue weighted by atomic mass is 35.5. The lowest BCUT2D eigenvalue weighted by atomic mass is 10.1. The van der Waals surface area contributed by atoms with Gasteiger partial charge in [-0.05, 0) is 43.2 Å². The molecule has 2 heterocycles. The van der Waals surface area contributed by atoms with Gasteiger partial charge in [0, 0.05) is 53.2 Å². The molecule has 0 radical (unpaired) electrons. The van der Waals surface area contributed by atoms with Crippen LogP contribution >= 0.6 is 11.6 Å². The second-order valence-corrected chi connectivity index (χ2v) is 10.1. The number of morpholine rings is 1. The van der Waals surface area contributed by atoms with Crippen LogP contribution in [0.4, 0.5) is 5.69 Å². The number of rotatable bonds is 10. The first-order chi connectivity index (χ1) is 17.8. The fourth-order valence-electron chi connectivity index (χ4n) is 4.16. The predicted molar refractivity (Wildman–Crippen MR) is 145 cm³/mol. The highest BCUT2D eigenvalue weighted by molar-refractivity contribution is 6.30. The number of aromatic nitrogens is 2. The van der Waals surface area contributed by atoms with E-state index in [1.165, 1.54) is 0 Å². The summed E-state index contributed by atoms with van der Waals surface area (Å²) in [6, 6.07) is 13.1. The topological polar surface area (TPSA) is 77.8 Å². The van der Waals surface area contributed by atoms with E-state index in [1.54, 1.807) is 17.9 Å². The van der Waals surface area contributed by atoms with E-state index in [0.29, 0.717) is 35.5 Å². The normalized spacial score (nSPS) is 14.1. The lowest BCUT2D eigenvalue weighted by Crippen LogP contribution is -2.35. The molecule has 1 aliphatic heterocycles. The summed E-state index contributed by atoms with van der Waals surface area (Å²) in [5, 5.41) is 8.13. The van der Waals surface area contributed by atoms with Gasteiger partial charge in [0.25, 0.3) is 5.91 Å². The number of halogens is 1. The molecule has 1 aromatic heterocycles. The minimum atomic E-state index is -0.285. The Kier molecular flexibility index (Phi) is 9.08. The van der Waals surface area contributed by atoms with Crippen molar-refractivity contribution in [3.8, 4) is 11.5 Å². The van der Waals surface area contributed by atoms with E-state index in [2.05, 4.69) is 29.2 Å². The lowest BCUT2D eigenvalue weighted by molar-refractivity contribution is 0.0339. The molecule has 1 amide bonds. The molecular formula is C28H35ClN4O4. The quantitative estimate of drug-likeness (QED) is 0.399. The summed E-state index contributed by atoms with van der Waals surface area (Å²) in [6.07, 6.45) is 0. The van der Waals surface area contributed by atoms with Crippen molar-refractivity contribution in [1.29, 1.82) is 0 Å². The van der Waals surface area contributed by atoms with Crippen molar-refractivity contribution in [2.24, 2.45) is 5.92 Å². The lowest BCUT2D eigenvalue weighted by Gasteiger charge is -2.27. The number of carbonyl (C=O) groups excluding carboxylic acids is 1. The van der Waals surface area contributed by atoms with Gasteiger partial charge in [-0.1, -0.05) is 31.5 Å². The van der Waals surface area contributed by atoms with Crippen molar-refractivity contribution in [2.75, 3.05) is 45.3 Å². The number of hydrogen-bond acceptors (Lipinski definition) is 6. The minimum absolute atomic E-state index is 0.285. The van der Waals surface area contributed by atoms with Crippen LogP contribution in [0.25, 0.3) is 0 Å². The smallest absolute Gasteiger partial charge is 0.276 e. The molecule has 0 unspecified atom stereocenters. The molecule has 198 valence electrons. The first-order valence-electron chi connectivity index (χ1n) is 12.6. The molecule has 4 rings (SSSR count). The third-order valence-electron chi connectivity index (χ3n) is 6.17. The second kappa shape index (κ2) is 12.4. The Morgan fingerprint density at radius 1 is 1.08 bits per heavy atom. The number of anilines is 1. The number of ether oxygens (including phenoxy) is 3. The Morgan fingerprint density at radius 2 is 1.86 bits per heavy atom. The van der Waals surface area contributed by atoms with E-state index in [1.807, 2.05) is 43.3 Å². The van der Waals surface area contributed by atoms with Crippen molar-refractivity contribution in [3.05, 3.63) is 70.0 Å². The zero-order valence-electron chi connectivity index (χ0n) is 21.9. The van der Waals surface area contributed by atoms with Gasteiger partial charge in [0.2, 0.25) is 0 Å². The Bertz CT molecular complexity index is 1220. The molecule has 0 spiro atoms. The van der Waals surface area contributed by atoms with Gasteiger partial charge in [-0.2, -0.15) is 5.10 Å². The van der Waals surface area contributed by atoms with Crippen LogP contribution in [0.15, 0.2) is 42.5 Å². The first kappa shape index (κ1) is 27.0. The van der Waals surface area contributed by atoms with Crippen LogP contribution in [0.3, 0.4) is 0 Å². The zero-order valence-corrected chi connectivity index (χ0v) is 22.7. The third kappa shape index (κ3) is 7.25. The largest absolute Gasteiger partial charge is 0.496 e. The molecular weight excluding hydrogens is 492 g/mol. The molecule has 3 aromatic rings. The Labute approximate surface area is 223 Å². The maximum absolute atomic E-state index is 13.0. The van der Waals surface area contributed by atoms with E-state index in [9.17, 15) is 4.79 Å². The number of nitrogens with one attached hydrogen (secondary N) is 1. The fourth-order valence-corrected chi connectivity index (χ4v) is 4.35. The molecule has 1 fully saturated rings. The SMILES string of the molecule is COc1cc(NC(=O)c2cc(C)n(Cc3cc(Cl)ccc3OCC(C)C)n2)ccc1CN1CCOCC1. The average molecular weight is 527 g/mol. The van der Waals surface area contributed by atoms with Crippen molar-refractivity contribution in [2.45, 2.75) is 33.9 Å². The van der Waals surface area contributed by atoms with Crippen molar-refractivity contribution >= 4 is 23.2 Å². The summed E-state index contributed by atoms with van der Waals surface area (Å²) in [7, 11) is 1.64. The summed E-state index contributed by atoms with van der Waals surface area (Å²) in [6.45, 7) is 11.2. The molecule has 0 bridgehead atoms. The predicted octanol–water partition coefficient (Wildman–Crippen LogP) is 5.02. The van der Waals surface area contributed by atoms with Gasteiger partial charge in [-0.25, -0.2) is 0 Å². The van der Waals surface area contributed by atoms with E-state index in [0.717, 1.165) is 61.2 Å². The molecule has 0 aliphatic carbocycles. The maximum Gasteiger partial charge on any atom is 0.276 e. The summed E-state index contributed by atoms with van der Waals surface area (Å²) < 4.78 is 18.8. The Morgan fingerprint density at radius 3 is 2.59 bits per heavy atom. The van der Waals surface area contributed by atoms with Crippen LogP contribution in [0, 0.1) is 12.8 Å². The molecule has 2 aromatic carbocycles. The van der Waals surface area contributed by atoms with Crippen LogP contribution in [-0.4, -0.2) is 60.6 Å². The monoisotopic (exact) mass is 526 g/mol. The second-order valence-electron chi connectivity index (χ2n) is 9.65. The number of methoxy groups -OCH3 is 1. The van der Waals surface area contributed by atoms with Crippen molar-refractivity contribution < 1.29 is 19.0 Å². The van der Waals surface area contributed by atoms with Crippen molar-refractivity contribution in [1.82, 2.24) is 14.7 Å². The Balaban J connectivity index is 1.45. The molecule has 9 heteroatoms. The summed E-state index contributed by atoms with van der Waals surface area (Å²) in [5.74, 6) is 1.62. The number of aryl methyl sites for hydroxylation is 1. The number of carbonyl (C=O) groups is 1. The van der Waals surface area contributed by atoms with Gasteiger partial charge >= 0.3 is 0 Å². The van der Waals surface area contributed by atoms with E-state index < -0.39 is 0 Å². The summed E-state index contributed by atoms with van der Waals surface area (Å²) in [4.78, 5) is 15.4. The third-order valence-corrected chi connectivity index (χ3v) is 6.41. The van der Waals surface area contributed by atoms with E-state index in [4.69, 9.17) is 25.8 Å². The molecule has 1 N–H and O–H groups in total. The number of benzene rings is 2. The van der Waals surface area contributed by atoms with Gasteiger partial charge in [-0.15, -0.1) is 0 Å². The van der Waals surface area contributed by atoms with Crippen LogP contribution in [0.2, 0.25) is 5.02 Å². The van der Waals surface area contributed by atoms with Crippen LogP contribution in [0.1, 0.15) is 41.2 Å². The zero-order chi connectivity index (χ0) is 26.4. The minimum Gasteiger partial charge on any atom is -0.496 e. The van der Waals surface area contributed by atoms with Crippen molar-refractivity contribution in [3.63, 3.8) is 0 Å². The van der Waals surface area contributed by atoms with Crippen LogP contribution < -0.4 is 14.8 Å². The van der Waals surface area contributed by atoms with Gasteiger partial charge in [-0.3, -0.25) is 14.4 Å². The number of nitrogens with zero attached hydrogens (tertiary/aromatic N) is 3. The number of hydrogen-bond donors (Lipinski definition) is 1. The van der Waals surface area contributed by atoms with E-state index >= 15 is 0 Å². The van der Waals surface area contributed by atoms with Gasteiger partial charge in [0.05, 0.1) is 33.5 Å². The molecule has 1 saturated heterocycles. The highest BCUT2D eigenvalue weighted by Crippen LogP contribution is 2.27. The molecule has 8 nitrogen and oxygen atoms in total. The molecule has 0 atom stereocenters. The molecule has 1 aliphatic rings. The number of amides is 1. The van der Waals surface area contributed by atoms with Gasteiger partial charge in [0.15, 0.2) is 5.69 Å². The fraction of sp³-hybridized carbons (Fsp3) is 0.429.